The van der Waals surface area contributed by atoms with Crippen molar-refractivity contribution in [3.63, 3.8) is 0 Å². The molecule has 0 unspecified atom stereocenters. The van der Waals surface area contributed by atoms with Crippen LogP contribution in [0.5, 0.6) is 0 Å². The van der Waals surface area contributed by atoms with Crippen molar-refractivity contribution in [2.24, 2.45) is 5.92 Å². The van der Waals surface area contributed by atoms with Gasteiger partial charge in [0.1, 0.15) is 5.58 Å². The van der Waals surface area contributed by atoms with Crippen LogP contribution in [0, 0.1) is 12.8 Å². The van der Waals surface area contributed by atoms with E-state index >= 15 is 0 Å². The van der Waals surface area contributed by atoms with E-state index in [9.17, 15) is 9.90 Å². The summed E-state index contributed by atoms with van der Waals surface area (Å²) in [5.41, 5.74) is 1.67. The molecular weight excluding hydrogens is 314 g/mol. The van der Waals surface area contributed by atoms with Crippen molar-refractivity contribution < 1.29 is 14.3 Å². The lowest BCUT2D eigenvalue weighted by Crippen LogP contribution is -2.38. The summed E-state index contributed by atoms with van der Waals surface area (Å²) in [6.45, 7) is 2.19. The Labute approximate surface area is 146 Å². The van der Waals surface area contributed by atoms with Gasteiger partial charge < -0.3 is 14.8 Å². The van der Waals surface area contributed by atoms with Crippen LogP contribution < -0.4 is 5.32 Å². The Balaban J connectivity index is 1.61. The van der Waals surface area contributed by atoms with Gasteiger partial charge in [0.2, 0.25) is 0 Å². The molecule has 130 valence electrons. The number of aryl methyl sites for hydroxylation is 1. The molecule has 0 aliphatic heterocycles. The number of furan rings is 1. The van der Waals surface area contributed by atoms with E-state index in [-0.39, 0.29) is 18.6 Å². The second kappa shape index (κ2) is 6.52. The van der Waals surface area contributed by atoms with Gasteiger partial charge in [-0.15, -0.1) is 0 Å². The molecule has 1 fully saturated rings. The smallest absolute Gasteiger partial charge is 0.287 e. The summed E-state index contributed by atoms with van der Waals surface area (Å²) in [6, 6.07) is 12.3. The molecule has 0 radical (unpaired) electrons. The number of hydrogen-bond donors (Lipinski definition) is 2. The first kappa shape index (κ1) is 16.2. The average Bonchev–Trinajstić information content (AvgIpc) is 3.00. The van der Waals surface area contributed by atoms with Gasteiger partial charge >= 0.3 is 0 Å². The Hall–Kier alpha value is -2.33. The van der Waals surface area contributed by atoms with Crippen LogP contribution in [0.1, 0.15) is 41.8 Å². The third kappa shape index (κ3) is 2.91. The predicted molar refractivity (Wildman–Crippen MR) is 98.8 cm³/mol. The average molecular weight is 337 g/mol. The lowest BCUT2D eigenvalue weighted by Gasteiger charge is -2.27. The van der Waals surface area contributed by atoms with Crippen LogP contribution in [0.3, 0.4) is 0 Å². The van der Waals surface area contributed by atoms with Crippen molar-refractivity contribution in [3.05, 3.63) is 47.7 Å². The van der Waals surface area contributed by atoms with Gasteiger partial charge in [-0.1, -0.05) is 36.4 Å². The zero-order chi connectivity index (χ0) is 17.4. The molecule has 0 atom stereocenters. The van der Waals surface area contributed by atoms with Crippen molar-refractivity contribution in [1.29, 1.82) is 0 Å². The van der Waals surface area contributed by atoms with E-state index in [1.807, 2.05) is 37.3 Å². The first-order valence-electron chi connectivity index (χ1n) is 9.00. The molecule has 1 aliphatic carbocycles. The Morgan fingerprint density at radius 3 is 2.64 bits per heavy atom. The Bertz CT molecular complexity index is 919. The highest BCUT2D eigenvalue weighted by atomic mass is 16.3. The van der Waals surface area contributed by atoms with Gasteiger partial charge in [0, 0.05) is 29.0 Å². The summed E-state index contributed by atoms with van der Waals surface area (Å²) < 4.78 is 6.01. The summed E-state index contributed by atoms with van der Waals surface area (Å²) in [4.78, 5) is 12.7. The van der Waals surface area contributed by atoms with Gasteiger partial charge in [0.25, 0.3) is 5.91 Å². The van der Waals surface area contributed by atoms with Crippen LogP contribution >= 0.6 is 0 Å². The van der Waals surface area contributed by atoms with Crippen molar-refractivity contribution in [2.45, 2.75) is 38.6 Å². The molecule has 4 nitrogen and oxygen atoms in total. The van der Waals surface area contributed by atoms with E-state index in [1.165, 1.54) is 0 Å². The van der Waals surface area contributed by atoms with Gasteiger partial charge in [0.05, 0.1) is 0 Å². The molecule has 0 spiro atoms. The predicted octanol–water partition coefficient (Wildman–Crippen LogP) is 4.18. The molecule has 1 amide bonds. The van der Waals surface area contributed by atoms with Gasteiger partial charge in [-0.05, 0) is 43.9 Å². The number of aliphatic hydroxyl groups is 1. The number of fused-ring (bicyclic) bond motifs is 3. The number of nitrogens with one attached hydrogen (secondary N) is 1. The molecule has 3 aromatic rings. The maximum absolute atomic E-state index is 12.7. The minimum Gasteiger partial charge on any atom is -0.450 e. The number of carbonyl (C=O) groups excluding carboxylic acids is 1. The molecule has 2 aromatic carbocycles. The molecular formula is C21H23NO3. The number of benzene rings is 2. The Morgan fingerprint density at radius 1 is 1.12 bits per heavy atom. The summed E-state index contributed by atoms with van der Waals surface area (Å²) in [5, 5.41) is 15.5. The third-order valence-electron chi connectivity index (χ3n) is 5.47. The first-order chi connectivity index (χ1) is 12.2. The van der Waals surface area contributed by atoms with E-state index < -0.39 is 0 Å². The second-order valence-electron chi connectivity index (χ2n) is 7.09. The molecule has 1 saturated carbocycles. The van der Waals surface area contributed by atoms with E-state index in [0.717, 1.165) is 53.0 Å². The normalized spacial score (nSPS) is 20.9. The highest BCUT2D eigenvalue weighted by Crippen LogP contribution is 2.32. The number of aliphatic hydroxyl groups excluding tert-OH is 1. The zero-order valence-electron chi connectivity index (χ0n) is 14.4. The zero-order valence-corrected chi connectivity index (χ0v) is 14.4. The van der Waals surface area contributed by atoms with E-state index in [2.05, 4.69) is 11.4 Å². The van der Waals surface area contributed by atoms with E-state index in [0.29, 0.717) is 11.7 Å². The highest BCUT2D eigenvalue weighted by Gasteiger charge is 2.25. The maximum atomic E-state index is 12.7. The first-order valence-corrected chi connectivity index (χ1v) is 9.00. The van der Waals surface area contributed by atoms with Gasteiger partial charge in [0.15, 0.2) is 5.76 Å². The van der Waals surface area contributed by atoms with Crippen LogP contribution in [0.2, 0.25) is 0 Å². The van der Waals surface area contributed by atoms with Gasteiger partial charge in [-0.25, -0.2) is 0 Å². The Kier molecular flexibility index (Phi) is 4.22. The third-order valence-corrected chi connectivity index (χ3v) is 5.47. The van der Waals surface area contributed by atoms with Crippen LogP contribution in [-0.2, 0) is 0 Å². The minimum atomic E-state index is -0.134. The molecule has 1 aliphatic rings. The standard InChI is InChI=1S/C21H23NO3/c1-13-17-11-8-15-4-2-3-5-18(15)20(17)25-19(13)21(24)22-16-9-6-14(12-23)7-10-16/h2-5,8,11,14,16,23H,6-7,9-10,12H2,1H3,(H,22,24). The van der Waals surface area contributed by atoms with Crippen molar-refractivity contribution in [1.82, 2.24) is 5.32 Å². The van der Waals surface area contributed by atoms with E-state index in [4.69, 9.17) is 4.42 Å². The van der Waals surface area contributed by atoms with E-state index in [1.54, 1.807) is 0 Å². The maximum Gasteiger partial charge on any atom is 0.287 e. The fourth-order valence-electron chi connectivity index (χ4n) is 3.91. The van der Waals surface area contributed by atoms with Crippen LogP contribution in [0.4, 0.5) is 0 Å². The molecule has 1 aromatic heterocycles. The lowest BCUT2D eigenvalue weighted by molar-refractivity contribution is 0.0887. The largest absolute Gasteiger partial charge is 0.450 e. The molecule has 2 N–H and O–H groups in total. The summed E-state index contributed by atoms with van der Waals surface area (Å²) in [6.07, 6.45) is 3.76. The number of hydrogen-bond acceptors (Lipinski definition) is 3. The molecule has 0 bridgehead atoms. The quantitative estimate of drug-likeness (QED) is 0.754. The topological polar surface area (TPSA) is 62.5 Å². The number of rotatable bonds is 3. The molecule has 4 heteroatoms. The summed E-state index contributed by atoms with van der Waals surface area (Å²) in [5.74, 6) is 0.660. The molecule has 25 heavy (non-hydrogen) atoms. The summed E-state index contributed by atoms with van der Waals surface area (Å²) in [7, 11) is 0. The second-order valence-corrected chi connectivity index (χ2v) is 7.09. The summed E-state index contributed by atoms with van der Waals surface area (Å²) >= 11 is 0. The van der Waals surface area contributed by atoms with Crippen molar-refractivity contribution in [3.8, 4) is 0 Å². The monoisotopic (exact) mass is 337 g/mol. The van der Waals surface area contributed by atoms with Crippen molar-refractivity contribution in [2.75, 3.05) is 6.61 Å². The molecule has 4 rings (SSSR count). The molecule has 0 saturated heterocycles. The fraction of sp³-hybridized carbons (Fsp3) is 0.381. The number of amides is 1. The SMILES string of the molecule is Cc1c(C(=O)NC2CCC(CO)CC2)oc2c1ccc1ccccc12. The fourth-order valence-corrected chi connectivity index (χ4v) is 3.91. The number of carbonyl (C=O) groups is 1. The van der Waals surface area contributed by atoms with Crippen LogP contribution in [0.15, 0.2) is 40.8 Å². The van der Waals surface area contributed by atoms with Crippen molar-refractivity contribution >= 4 is 27.6 Å². The highest BCUT2D eigenvalue weighted by molar-refractivity contribution is 6.08. The minimum absolute atomic E-state index is 0.134. The Morgan fingerprint density at radius 2 is 1.88 bits per heavy atom. The van der Waals surface area contributed by atoms with Gasteiger partial charge in [-0.2, -0.15) is 0 Å². The molecule has 1 heterocycles. The van der Waals surface area contributed by atoms with Crippen LogP contribution in [0.25, 0.3) is 21.7 Å². The lowest BCUT2D eigenvalue weighted by atomic mass is 9.86. The van der Waals surface area contributed by atoms with Gasteiger partial charge in [-0.3, -0.25) is 4.79 Å². The van der Waals surface area contributed by atoms with Crippen LogP contribution in [-0.4, -0.2) is 23.7 Å².